The van der Waals surface area contributed by atoms with E-state index in [4.69, 9.17) is 17.3 Å². The third kappa shape index (κ3) is 4.59. The van der Waals surface area contributed by atoms with Crippen LogP contribution in [0, 0.1) is 0 Å². The molecule has 142 valence electrons. The minimum atomic E-state index is -0.168. The van der Waals surface area contributed by atoms with Gasteiger partial charge in [0.25, 0.3) is 5.91 Å². The second-order valence-corrected chi connectivity index (χ2v) is 6.81. The van der Waals surface area contributed by atoms with Crippen LogP contribution in [0.3, 0.4) is 0 Å². The standard InChI is InChI=1S/C20H23ClN4O2/c21-18-8-7-16(25-12-10-23-20(25)27)13-17(18)19(26)24(11-4-9-22)14-15-5-2-1-3-6-15/h1-3,5-8,13H,4,9-12,14,22H2,(H,23,27). The molecule has 2 aromatic rings. The Hall–Kier alpha value is -2.57. The lowest BCUT2D eigenvalue weighted by molar-refractivity contribution is 0.0742. The number of nitrogens with one attached hydrogen (secondary N) is 1. The number of nitrogens with zero attached hydrogens (tertiary/aromatic N) is 2. The summed E-state index contributed by atoms with van der Waals surface area (Å²) in [5.41, 5.74) is 7.74. The van der Waals surface area contributed by atoms with Crippen LogP contribution in [-0.4, -0.2) is 43.0 Å². The molecule has 2 aromatic carbocycles. The highest BCUT2D eigenvalue weighted by atomic mass is 35.5. The summed E-state index contributed by atoms with van der Waals surface area (Å²) in [6.45, 7) is 2.66. The van der Waals surface area contributed by atoms with Gasteiger partial charge in [0.1, 0.15) is 0 Å². The number of benzene rings is 2. The van der Waals surface area contributed by atoms with Gasteiger partial charge >= 0.3 is 6.03 Å². The van der Waals surface area contributed by atoms with Crippen molar-refractivity contribution in [2.75, 3.05) is 31.1 Å². The zero-order valence-corrected chi connectivity index (χ0v) is 15.8. The highest BCUT2D eigenvalue weighted by Gasteiger charge is 2.24. The molecular weight excluding hydrogens is 364 g/mol. The van der Waals surface area contributed by atoms with Crippen LogP contribution < -0.4 is 16.0 Å². The van der Waals surface area contributed by atoms with Crippen LogP contribution in [0.2, 0.25) is 5.02 Å². The van der Waals surface area contributed by atoms with E-state index in [1.54, 1.807) is 28.0 Å². The lowest BCUT2D eigenvalue weighted by atomic mass is 10.1. The molecule has 0 unspecified atom stereocenters. The number of carbonyl (C=O) groups is 2. The maximum absolute atomic E-state index is 13.2. The molecule has 1 heterocycles. The Balaban J connectivity index is 1.86. The summed E-state index contributed by atoms with van der Waals surface area (Å²) in [6.07, 6.45) is 0.699. The Morgan fingerprint density at radius 2 is 2.00 bits per heavy atom. The number of hydrogen-bond acceptors (Lipinski definition) is 3. The average Bonchev–Trinajstić information content (AvgIpc) is 3.12. The third-order valence-corrected chi connectivity index (χ3v) is 4.81. The maximum atomic E-state index is 13.2. The summed E-state index contributed by atoms with van der Waals surface area (Å²) < 4.78 is 0. The fraction of sp³-hybridized carbons (Fsp3) is 0.300. The molecule has 0 spiro atoms. The number of carbonyl (C=O) groups excluding carboxylic acids is 2. The molecule has 0 bridgehead atoms. The van der Waals surface area contributed by atoms with Crippen LogP contribution in [0.4, 0.5) is 10.5 Å². The molecule has 3 amide bonds. The molecule has 0 aromatic heterocycles. The normalized spacial score (nSPS) is 13.6. The number of nitrogens with two attached hydrogens (primary N) is 1. The van der Waals surface area contributed by atoms with Gasteiger partial charge in [0, 0.05) is 31.9 Å². The molecule has 0 atom stereocenters. The molecular formula is C20H23ClN4O2. The number of amides is 3. The molecule has 0 radical (unpaired) electrons. The minimum Gasteiger partial charge on any atom is -0.336 e. The third-order valence-electron chi connectivity index (χ3n) is 4.48. The largest absolute Gasteiger partial charge is 0.336 e. The molecule has 3 N–H and O–H groups in total. The first kappa shape index (κ1) is 19.2. The molecule has 27 heavy (non-hydrogen) atoms. The van der Waals surface area contributed by atoms with Crippen molar-refractivity contribution in [1.29, 1.82) is 0 Å². The van der Waals surface area contributed by atoms with E-state index in [1.807, 2.05) is 30.3 Å². The fourth-order valence-electron chi connectivity index (χ4n) is 3.07. The van der Waals surface area contributed by atoms with Gasteiger partial charge in [-0.2, -0.15) is 0 Å². The van der Waals surface area contributed by atoms with E-state index < -0.39 is 0 Å². The zero-order chi connectivity index (χ0) is 19.2. The smallest absolute Gasteiger partial charge is 0.321 e. The number of hydrogen-bond donors (Lipinski definition) is 2. The fourth-order valence-corrected chi connectivity index (χ4v) is 3.27. The van der Waals surface area contributed by atoms with Gasteiger partial charge in [0.15, 0.2) is 0 Å². The monoisotopic (exact) mass is 386 g/mol. The van der Waals surface area contributed by atoms with Gasteiger partial charge in [-0.25, -0.2) is 4.79 Å². The Kier molecular flexibility index (Phi) is 6.32. The van der Waals surface area contributed by atoms with Crippen molar-refractivity contribution in [3.05, 3.63) is 64.7 Å². The predicted molar refractivity (Wildman–Crippen MR) is 107 cm³/mol. The second kappa shape index (κ2) is 8.88. The summed E-state index contributed by atoms with van der Waals surface area (Å²) in [6, 6.07) is 14.7. The summed E-state index contributed by atoms with van der Waals surface area (Å²) in [7, 11) is 0. The van der Waals surface area contributed by atoms with Gasteiger partial charge in [-0.1, -0.05) is 41.9 Å². The molecule has 6 nitrogen and oxygen atoms in total. The first-order valence-electron chi connectivity index (χ1n) is 8.98. The van der Waals surface area contributed by atoms with E-state index in [2.05, 4.69) is 5.32 Å². The molecule has 0 saturated carbocycles. The Labute approximate surface area is 163 Å². The van der Waals surface area contributed by atoms with Crippen LogP contribution in [0.25, 0.3) is 0 Å². The van der Waals surface area contributed by atoms with Gasteiger partial charge in [-0.15, -0.1) is 0 Å². The van der Waals surface area contributed by atoms with E-state index >= 15 is 0 Å². The van der Waals surface area contributed by atoms with E-state index in [0.29, 0.717) is 55.4 Å². The Morgan fingerprint density at radius 1 is 1.22 bits per heavy atom. The highest BCUT2D eigenvalue weighted by Crippen LogP contribution is 2.26. The highest BCUT2D eigenvalue weighted by molar-refractivity contribution is 6.34. The van der Waals surface area contributed by atoms with E-state index in [0.717, 1.165) is 5.56 Å². The number of rotatable bonds is 7. The molecule has 1 aliphatic heterocycles. The van der Waals surface area contributed by atoms with Crippen molar-refractivity contribution in [3.63, 3.8) is 0 Å². The molecule has 1 fully saturated rings. The van der Waals surface area contributed by atoms with Crippen LogP contribution in [0.1, 0.15) is 22.3 Å². The summed E-state index contributed by atoms with van der Waals surface area (Å²) in [5.74, 6) is -0.168. The second-order valence-electron chi connectivity index (χ2n) is 6.40. The minimum absolute atomic E-state index is 0.167. The Morgan fingerprint density at radius 3 is 2.67 bits per heavy atom. The van der Waals surface area contributed by atoms with E-state index in [-0.39, 0.29) is 11.9 Å². The van der Waals surface area contributed by atoms with Crippen molar-refractivity contribution < 1.29 is 9.59 Å². The summed E-state index contributed by atoms with van der Waals surface area (Å²) in [5, 5.41) is 3.13. The van der Waals surface area contributed by atoms with Crippen molar-refractivity contribution in [2.45, 2.75) is 13.0 Å². The summed E-state index contributed by atoms with van der Waals surface area (Å²) >= 11 is 6.32. The molecule has 1 saturated heterocycles. The molecule has 0 aliphatic carbocycles. The lowest BCUT2D eigenvalue weighted by Crippen LogP contribution is -2.33. The van der Waals surface area contributed by atoms with Crippen molar-refractivity contribution in [3.8, 4) is 0 Å². The predicted octanol–water partition coefficient (Wildman–Crippen LogP) is 2.86. The van der Waals surface area contributed by atoms with Crippen LogP contribution in [-0.2, 0) is 6.54 Å². The molecule has 1 aliphatic rings. The van der Waals surface area contributed by atoms with Gasteiger partial charge in [-0.05, 0) is 36.7 Å². The van der Waals surface area contributed by atoms with Crippen molar-refractivity contribution >= 4 is 29.2 Å². The zero-order valence-electron chi connectivity index (χ0n) is 15.0. The van der Waals surface area contributed by atoms with E-state index in [9.17, 15) is 9.59 Å². The number of anilines is 1. The van der Waals surface area contributed by atoms with Gasteiger partial charge in [0.05, 0.1) is 10.6 Å². The van der Waals surface area contributed by atoms with Gasteiger partial charge < -0.3 is 16.0 Å². The van der Waals surface area contributed by atoms with Crippen LogP contribution in [0.15, 0.2) is 48.5 Å². The molecule has 3 rings (SSSR count). The topological polar surface area (TPSA) is 78.7 Å². The van der Waals surface area contributed by atoms with Gasteiger partial charge in [0.2, 0.25) is 0 Å². The lowest BCUT2D eigenvalue weighted by Gasteiger charge is -2.24. The van der Waals surface area contributed by atoms with E-state index in [1.165, 1.54) is 0 Å². The van der Waals surface area contributed by atoms with Crippen molar-refractivity contribution in [1.82, 2.24) is 10.2 Å². The van der Waals surface area contributed by atoms with Crippen molar-refractivity contribution in [2.24, 2.45) is 5.73 Å². The maximum Gasteiger partial charge on any atom is 0.321 e. The Bertz CT molecular complexity index is 813. The van der Waals surface area contributed by atoms with Crippen LogP contribution >= 0.6 is 11.6 Å². The average molecular weight is 387 g/mol. The first-order valence-corrected chi connectivity index (χ1v) is 9.36. The quantitative estimate of drug-likeness (QED) is 0.768. The summed E-state index contributed by atoms with van der Waals surface area (Å²) in [4.78, 5) is 28.5. The SMILES string of the molecule is NCCCN(Cc1ccccc1)C(=O)c1cc(N2CCNC2=O)ccc1Cl. The number of urea groups is 1. The van der Waals surface area contributed by atoms with Crippen LogP contribution in [0.5, 0.6) is 0 Å². The first-order chi connectivity index (χ1) is 13.1. The molecule has 7 heteroatoms. The van der Waals surface area contributed by atoms with Gasteiger partial charge in [-0.3, -0.25) is 9.69 Å². The number of halogens is 1.